The van der Waals surface area contributed by atoms with Crippen molar-refractivity contribution in [1.29, 1.82) is 0 Å². The third kappa shape index (κ3) is 4.87. The Morgan fingerprint density at radius 3 is 1.52 bits per heavy atom. The van der Waals surface area contributed by atoms with Crippen molar-refractivity contribution in [2.75, 3.05) is 4.90 Å². The van der Waals surface area contributed by atoms with Gasteiger partial charge in [-0.25, -0.2) is 0 Å². The van der Waals surface area contributed by atoms with Crippen molar-refractivity contribution < 1.29 is 4.74 Å². The van der Waals surface area contributed by atoms with Crippen LogP contribution in [0.4, 0.5) is 17.1 Å². The number of aryl methyl sites for hydroxylation is 3. The van der Waals surface area contributed by atoms with Crippen molar-refractivity contribution in [3.63, 3.8) is 0 Å². The van der Waals surface area contributed by atoms with Crippen LogP contribution in [0.2, 0.25) is 10.0 Å². The summed E-state index contributed by atoms with van der Waals surface area (Å²) in [5.41, 5.74) is 6.47. The molecule has 0 fully saturated rings. The van der Waals surface area contributed by atoms with Crippen LogP contribution in [-0.4, -0.2) is 0 Å². The highest BCUT2D eigenvalue weighted by atomic mass is 35.5. The highest BCUT2D eigenvalue weighted by Crippen LogP contribution is 2.43. The second-order valence-electron chi connectivity index (χ2n) is 7.66. The fourth-order valence-electron chi connectivity index (χ4n) is 3.32. The smallest absolute Gasteiger partial charge is 0.149 e. The average molecular weight is 448 g/mol. The van der Waals surface area contributed by atoms with Crippen LogP contribution in [0.25, 0.3) is 0 Å². The highest BCUT2D eigenvalue weighted by molar-refractivity contribution is 6.43. The molecule has 0 radical (unpaired) electrons. The summed E-state index contributed by atoms with van der Waals surface area (Å²) in [4.78, 5) is 2.14. The zero-order chi connectivity index (χ0) is 22.0. The maximum atomic E-state index is 6.54. The topological polar surface area (TPSA) is 12.5 Å². The molecule has 0 aliphatic rings. The number of hydrogen-bond acceptors (Lipinski definition) is 2. The molecule has 2 nitrogen and oxygen atoms in total. The van der Waals surface area contributed by atoms with Gasteiger partial charge in [0.25, 0.3) is 0 Å². The summed E-state index contributed by atoms with van der Waals surface area (Å²) in [5, 5.41) is 0.823. The molecule has 0 aliphatic carbocycles. The maximum Gasteiger partial charge on any atom is 0.149 e. The van der Waals surface area contributed by atoms with Crippen molar-refractivity contribution in [1.82, 2.24) is 0 Å². The van der Waals surface area contributed by atoms with E-state index in [-0.39, 0.29) is 0 Å². The van der Waals surface area contributed by atoms with Gasteiger partial charge >= 0.3 is 0 Å². The van der Waals surface area contributed by atoms with E-state index in [0.717, 1.165) is 22.6 Å². The fraction of sp³-hybridized carbons (Fsp3) is 0.111. The predicted molar refractivity (Wildman–Crippen MR) is 132 cm³/mol. The molecule has 31 heavy (non-hydrogen) atoms. The third-order valence-electron chi connectivity index (χ3n) is 5.07. The predicted octanol–water partition coefficient (Wildman–Crippen LogP) is 9.18. The number of halogens is 2. The van der Waals surface area contributed by atoms with E-state index in [4.69, 9.17) is 27.9 Å². The SMILES string of the molecule is Cc1ccc(Oc2cc(N(c3ccc(C)cc3)c3ccc(C)cc3)cc(Cl)c2Cl)cc1. The van der Waals surface area contributed by atoms with E-state index in [2.05, 4.69) is 67.3 Å². The lowest BCUT2D eigenvalue weighted by Crippen LogP contribution is -2.10. The number of rotatable bonds is 5. The lowest BCUT2D eigenvalue weighted by atomic mass is 10.1. The summed E-state index contributed by atoms with van der Waals surface area (Å²) in [7, 11) is 0. The highest BCUT2D eigenvalue weighted by Gasteiger charge is 2.17. The Labute approximate surface area is 193 Å². The quantitative estimate of drug-likeness (QED) is 0.302. The van der Waals surface area contributed by atoms with Gasteiger partial charge in [0.2, 0.25) is 0 Å². The van der Waals surface area contributed by atoms with Gasteiger partial charge in [-0.15, -0.1) is 0 Å². The number of hydrogen-bond donors (Lipinski definition) is 0. The van der Waals surface area contributed by atoms with Gasteiger partial charge in [0.1, 0.15) is 16.5 Å². The van der Waals surface area contributed by atoms with Gasteiger partial charge in [-0.05, 0) is 63.2 Å². The van der Waals surface area contributed by atoms with Gasteiger partial charge in [0, 0.05) is 17.4 Å². The van der Waals surface area contributed by atoms with Gasteiger partial charge < -0.3 is 9.64 Å². The zero-order valence-corrected chi connectivity index (χ0v) is 19.2. The summed E-state index contributed by atoms with van der Waals surface area (Å²) < 4.78 is 6.10. The van der Waals surface area contributed by atoms with Crippen LogP contribution in [0.3, 0.4) is 0 Å². The van der Waals surface area contributed by atoms with Gasteiger partial charge in [0.05, 0.1) is 10.7 Å². The summed E-state index contributed by atoms with van der Waals surface area (Å²) in [6.45, 7) is 6.19. The van der Waals surface area contributed by atoms with Crippen LogP contribution in [0.15, 0.2) is 84.9 Å². The molecule has 4 aromatic rings. The molecule has 0 saturated carbocycles. The van der Waals surface area contributed by atoms with Crippen LogP contribution in [-0.2, 0) is 0 Å². The van der Waals surface area contributed by atoms with Gasteiger partial charge in [-0.2, -0.15) is 0 Å². The minimum Gasteiger partial charge on any atom is -0.456 e. The largest absolute Gasteiger partial charge is 0.456 e. The molecule has 4 aromatic carbocycles. The fourth-order valence-corrected chi connectivity index (χ4v) is 3.67. The molecule has 0 heterocycles. The van der Waals surface area contributed by atoms with E-state index >= 15 is 0 Å². The zero-order valence-electron chi connectivity index (χ0n) is 17.7. The molecule has 4 heteroatoms. The second-order valence-corrected chi connectivity index (χ2v) is 8.45. The monoisotopic (exact) mass is 447 g/mol. The number of ether oxygens (including phenoxy) is 1. The minimum absolute atomic E-state index is 0.388. The van der Waals surface area contributed by atoms with Gasteiger partial charge in [-0.1, -0.05) is 76.3 Å². The van der Waals surface area contributed by atoms with E-state index in [1.165, 1.54) is 11.1 Å². The first kappa shape index (κ1) is 21.3. The lowest BCUT2D eigenvalue weighted by molar-refractivity contribution is 0.483. The van der Waals surface area contributed by atoms with E-state index in [1.54, 1.807) is 0 Å². The summed E-state index contributed by atoms with van der Waals surface area (Å²) in [6.07, 6.45) is 0. The molecular weight excluding hydrogens is 425 g/mol. The molecule has 0 amide bonds. The van der Waals surface area contributed by atoms with Crippen LogP contribution >= 0.6 is 23.2 Å². The molecular formula is C27H23Cl2NO. The van der Waals surface area contributed by atoms with Gasteiger partial charge in [-0.3, -0.25) is 0 Å². The van der Waals surface area contributed by atoms with Gasteiger partial charge in [0.15, 0.2) is 0 Å². The van der Waals surface area contributed by atoms with Crippen LogP contribution in [0.1, 0.15) is 16.7 Å². The van der Waals surface area contributed by atoms with E-state index in [9.17, 15) is 0 Å². The van der Waals surface area contributed by atoms with Crippen molar-refractivity contribution in [2.45, 2.75) is 20.8 Å². The van der Waals surface area contributed by atoms with Crippen molar-refractivity contribution in [3.05, 3.63) is 112 Å². The van der Waals surface area contributed by atoms with E-state index in [0.29, 0.717) is 21.5 Å². The molecule has 0 bridgehead atoms. The standard InChI is InChI=1S/C27H23Cl2NO/c1-18-4-10-21(11-5-18)30(22-12-6-19(2)7-13-22)23-16-25(28)27(29)26(17-23)31-24-14-8-20(3)9-15-24/h4-17H,1-3H3. The van der Waals surface area contributed by atoms with E-state index in [1.807, 2.05) is 43.3 Å². The number of nitrogens with zero attached hydrogens (tertiary/aromatic N) is 1. The Morgan fingerprint density at radius 2 is 1.03 bits per heavy atom. The molecule has 0 atom stereocenters. The van der Waals surface area contributed by atoms with E-state index < -0.39 is 0 Å². The minimum atomic E-state index is 0.388. The molecule has 0 N–H and O–H groups in total. The number of anilines is 3. The molecule has 0 saturated heterocycles. The lowest BCUT2D eigenvalue weighted by Gasteiger charge is -2.26. The first-order valence-corrected chi connectivity index (χ1v) is 10.8. The summed E-state index contributed by atoms with van der Waals surface area (Å²) in [6, 6.07) is 28.4. The van der Waals surface area contributed by atoms with Crippen molar-refractivity contribution in [3.8, 4) is 11.5 Å². The Bertz CT molecular complexity index is 1140. The maximum absolute atomic E-state index is 6.54. The second kappa shape index (κ2) is 9.05. The first-order chi connectivity index (χ1) is 14.9. The Morgan fingerprint density at radius 1 is 0.581 bits per heavy atom. The molecule has 156 valence electrons. The number of benzene rings is 4. The Hall–Kier alpha value is -2.94. The third-order valence-corrected chi connectivity index (χ3v) is 5.86. The molecule has 0 spiro atoms. The van der Waals surface area contributed by atoms with Crippen LogP contribution < -0.4 is 9.64 Å². The molecule has 4 rings (SSSR count). The normalized spacial score (nSPS) is 10.7. The first-order valence-electron chi connectivity index (χ1n) is 10.1. The molecule has 0 unspecified atom stereocenters. The van der Waals surface area contributed by atoms with Crippen LogP contribution in [0, 0.1) is 20.8 Å². The summed E-state index contributed by atoms with van der Waals surface area (Å²) in [5.74, 6) is 1.22. The van der Waals surface area contributed by atoms with Crippen LogP contribution in [0.5, 0.6) is 11.5 Å². The molecule has 0 aromatic heterocycles. The molecule has 0 aliphatic heterocycles. The Kier molecular flexibility index (Phi) is 6.22. The van der Waals surface area contributed by atoms with Crippen molar-refractivity contribution >= 4 is 40.3 Å². The van der Waals surface area contributed by atoms with Crippen molar-refractivity contribution in [2.24, 2.45) is 0 Å². The Balaban J connectivity index is 1.82. The summed E-state index contributed by atoms with van der Waals surface area (Å²) >= 11 is 13.1. The average Bonchev–Trinajstić information content (AvgIpc) is 2.76.